The average molecular weight is 729 g/mol. The van der Waals surface area contributed by atoms with E-state index in [1.165, 1.54) is 109 Å². The van der Waals surface area contributed by atoms with Crippen LogP contribution in [0.5, 0.6) is 0 Å². The van der Waals surface area contributed by atoms with Gasteiger partial charge in [-0.05, 0) is 25.7 Å². The minimum absolute atomic E-state index is 0.213. The largest absolute Gasteiger partial charge is 0.462 e. The molecule has 0 spiro atoms. The molecule has 0 aliphatic carbocycles. The van der Waals surface area contributed by atoms with Gasteiger partial charge in [-0.15, -0.1) is 6.58 Å². The van der Waals surface area contributed by atoms with Crippen LogP contribution in [0, 0.1) is 0 Å². The predicted molar refractivity (Wildman–Crippen MR) is 201 cm³/mol. The van der Waals surface area contributed by atoms with Crippen molar-refractivity contribution in [3.63, 3.8) is 0 Å². The smallest absolute Gasteiger partial charge is 0.306 e. The first-order valence-corrected chi connectivity index (χ1v) is 20.7. The van der Waals surface area contributed by atoms with Gasteiger partial charge in [-0.1, -0.05) is 148 Å². The SMILES string of the molecule is C=CCCCCCCCCCCCCCCCC(=O)O[C@H](COC(=O)CCCCCCCCCCCCC)CO[C@@H]1O[C@H](CO)[C@H](O)C(O)C1O. The minimum atomic E-state index is -1.59. The zero-order valence-electron chi connectivity index (χ0n) is 32.2. The van der Waals surface area contributed by atoms with Gasteiger partial charge in [0, 0.05) is 12.8 Å². The molecule has 0 aromatic carbocycles. The van der Waals surface area contributed by atoms with Crippen LogP contribution in [0.4, 0.5) is 0 Å². The monoisotopic (exact) mass is 729 g/mol. The van der Waals surface area contributed by atoms with E-state index in [4.69, 9.17) is 18.9 Å². The summed E-state index contributed by atoms with van der Waals surface area (Å²) in [5.41, 5.74) is 0. The van der Waals surface area contributed by atoms with Crippen molar-refractivity contribution < 1.29 is 49.0 Å². The van der Waals surface area contributed by atoms with E-state index in [0.717, 1.165) is 44.9 Å². The molecule has 2 unspecified atom stereocenters. The number of allylic oxidation sites excluding steroid dienone is 1. The van der Waals surface area contributed by atoms with E-state index in [9.17, 15) is 30.0 Å². The maximum Gasteiger partial charge on any atom is 0.306 e. The second-order valence-electron chi connectivity index (χ2n) is 14.5. The summed E-state index contributed by atoms with van der Waals surface area (Å²) in [5, 5.41) is 39.9. The fourth-order valence-electron chi connectivity index (χ4n) is 6.46. The Bertz CT molecular complexity index is 837. The highest BCUT2D eigenvalue weighted by Crippen LogP contribution is 2.23. The molecule has 0 bridgehead atoms. The molecule has 0 saturated carbocycles. The van der Waals surface area contributed by atoms with Gasteiger partial charge in [0.05, 0.1) is 13.2 Å². The van der Waals surface area contributed by atoms with Gasteiger partial charge in [0.15, 0.2) is 12.4 Å². The molecule has 6 atom stereocenters. The maximum absolute atomic E-state index is 12.7. The third-order valence-electron chi connectivity index (χ3n) is 9.80. The second-order valence-corrected chi connectivity index (χ2v) is 14.5. The van der Waals surface area contributed by atoms with E-state index in [1.807, 2.05) is 6.08 Å². The molecular formula is C41H76O10. The first kappa shape index (κ1) is 47.5. The molecule has 0 radical (unpaired) electrons. The van der Waals surface area contributed by atoms with Crippen molar-refractivity contribution >= 4 is 11.9 Å². The van der Waals surface area contributed by atoms with E-state index in [1.54, 1.807) is 0 Å². The normalized spacial score (nSPS) is 21.0. The number of rotatable bonds is 35. The summed E-state index contributed by atoms with van der Waals surface area (Å²) < 4.78 is 22.1. The van der Waals surface area contributed by atoms with Crippen LogP contribution in [0.3, 0.4) is 0 Å². The zero-order chi connectivity index (χ0) is 37.4. The molecule has 300 valence electrons. The van der Waals surface area contributed by atoms with Crippen LogP contribution in [0.1, 0.15) is 180 Å². The average Bonchev–Trinajstić information content (AvgIpc) is 3.13. The number of ether oxygens (including phenoxy) is 4. The number of hydrogen-bond acceptors (Lipinski definition) is 10. The maximum atomic E-state index is 12.7. The van der Waals surface area contributed by atoms with Gasteiger partial charge in [0.25, 0.3) is 0 Å². The highest BCUT2D eigenvalue weighted by Gasteiger charge is 2.44. The van der Waals surface area contributed by atoms with E-state index in [2.05, 4.69) is 13.5 Å². The van der Waals surface area contributed by atoms with Gasteiger partial charge in [-0.25, -0.2) is 0 Å². The van der Waals surface area contributed by atoms with E-state index >= 15 is 0 Å². The predicted octanol–water partition coefficient (Wildman–Crippen LogP) is 8.00. The van der Waals surface area contributed by atoms with Crippen molar-refractivity contribution in [2.45, 2.75) is 217 Å². The van der Waals surface area contributed by atoms with Crippen molar-refractivity contribution in [1.82, 2.24) is 0 Å². The molecule has 0 amide bonds. The summed E-state index contributed by atoms with van der Waals surface area (Å²) in [5.74, 6) is -0.803. The number of hydrogen-bond donors (Lipinski definition) is 4. The van der Waals surface area contributed by atoms with Crippen LogP contribution in [0.2, 0.25) is 0 Å². The Labute approximate surface area is 310 Å². The topological polar surface area (TPSA) is 152 Å². The lowest BCUT2D eigenvalue weighted by atomic mass is 9.99. The van der Waals surface area contributed by atoms with Crippen LogP contribution < -0.4 is 0 Å². The van der Waals surface area contributed by atoms with Gasteiger partial charge < -0.3 is 39.4 Å². The summed E-state index contributed by atoms with van der Waals surface area (Å²) in [7, 11) is 0. The quantitative estimate of drug-likeness (QED) is 0.0287. The molecule has 0 aromatic rings. The Balaban J connectivity index is 2.35. The Morgan fingerprint density at radius 1 is 0.627 bits per heavy atom. The highest BCUT2D eigenvalue weighted by atomic mass is 16.7. The lowest BCUT2D eigenvalue weighted by Crippen LogP contribution is -2.59. The van der Waals surface area contributed by atoms with Gasteiger partial charge in [-0.3, -0.25) is 9.59 Å². The first-order chi connectivity index (χ1) is 24.8. The number of carbonyl (C=O) groups excluding carboxylic acids is 2. The lowest BCUT2D eigenvalue weighted by Gasteiger charge is -2.39. The van der Waals surface area contributed by atoms with Gasteiger partial charge in [0.1, 0.15) is 31.0 Å². The number of aliphatic hydroxyl groups excluding tert-OH is 4. The molecule has 1 saturated heterocycles. The Morgan fingerprint density at radius 3 is 1.55 bits per heavy atom. The number of carbonyl (C=O) groups is 2. The molecule has 1 rings (SSSR count). The number of esters is 2. The van der Waals surface area contributed by atoms with Crippen LogP contribution >= 0.6 is 0 Å². The molecule has 51 heavy (non-hydrogen) atoms. The van der Waals surface area contributed by atoms with Crippen molar-refractivity contribution in [1.29, 1.82) is 0 Å². The van der Waals surface area contributed by atoms with Crippen LogP contribution in [-0.2, 0) is 28.5 Å². The summed E-state index contributed by atoms with van der Waals surface area (Å²) in [4.78, 5) is 25.2. The Hall–Kier alpha value is -1.56. The third kappa shape index (κ3) is 25.2. The van der Waals surface area contributed by atoms with Crippen molar-refractivity contribution in [3.05, 3.63) is 12.7 Å². The number of unbranched alkanes of at least 4 members (excludes halogenated alkanes) is 23. The summed E-state index contributed by atoms with van der Waals surface area (Å²) in [6.07, 6.45) is 24.0. The fraction of sp³-hybridized carbons (Fsp3) is 0.902. The summed E-state index contributed by atoms with van der Waals surface area (Å²) in [6, 6.07) is 0. The molecule has 4 N–H and O–H groups in total. The molecule has 0 aromatic heterocycles. The highest BCUT2D eigenvalue weighted by molar-refractivity contribution is 5.70. The van der Waals surface area contributed by atoms with E-state index < -0.39 is 49.4 Å². The third-order valence-corrected chi connectivity index (χ3v) is 9.80. The van der Waals surface area contributed by atoms with E-state index in [-0.39, 0.29) is 32.0 Å². The molecule has 10 nitrogen and oxygen atoms in total. The second kappa shape index (κ2) is 33.0. The molecular weight excluding hydrogens is 652 g/mol. The lowest BCUT2D eigenvalue weighted by molar-refractivity contribution is -0.305. The molecule has 1 heterocycles. The van der Waals surface area contributed by atoms with Gasteiger partial charge in [-0.2, -0.15) is 0 Å². The van der Waals surface area contributed by atoms with Gasteiger partial charge in [0.2, 0.25) is 0 Å². The minimum Gasteiger partial charge on any atom is -0.462 e. The summed E-state index contributed by atoms with van der Waals surface area (Å²) in [6.45, 7) is 4.93. The van der Waals surface area contributed by atoms with Crippen LogP contribution in [0.15, 0.2) is 12.7 Å². The standard InChI is InChI=1S/C41H76O10/c1-3-5-7-9-11-13-15-16-17-18-20-22-24-26-28-30-37(44)50-34(33-49-41-40(47)39(46)38(45)35(31-42)51-41)32-48-36(43)29-27-25-23-21-19-14-12-10-8-6-4-2/h3,34-35,38-42,45-47H,1,4-33H2,2H3/t34-,35-,38+,39?,40?,41-/m1/s1. The zero-order valence-corrected chi connectivity index (χ0v) is 32.2. The first-order valence-electron chi connectivity index (χ1n) is 20.7. The van der Waals surface area contributed by atoms with Crippen molar-refractivity contribution in [2.75, 3.05) is 19.8 Å². The molecule has 10 heteroatoms. The Kier molecular flexibility index (Phi) is 30.7. The Morgan fingerprint density at radius 2 is 1.08 bits per heavy atom. The van der Waals surface area contributed by atoms with Crippen molar-refractivity contribution in [3.8, 4) is 0 Å². The van der Waals surface area contributed by atoms with Crippen LogP contribution in [0.25, 0.3) is 0 Å². The molecule has 1 aliphatic heterocycles. The molecule has 1 fully saturated rings. The van der Waals surface area contributed by atoms with Crippen LogP contribution in [-0.4, -0.2) is 89.0 Å². The number of aliphatic hydroxyl groups is 4. The van der Waals surface area contributed by atoms with E-state index in [0.29, 0.717) is 6.42 Å². The van der Waals surface area contributed by atoms with Crippen molar-refractivity contribution in [2.24, 2.45) is 0 Å². The summed E-state index contributed by atoms with van der Waals surface area (Å²) >= 11 is 0. The fourth-order valence-corrected chi connectivity index (χ4v) is 6.46. The molecule has 1 aliphatic rings. The van der Waals surface area contributed by atoms with Gasteiger partial charge >= 0.3 is 11.9 Å².